The number of carbonyl (C=O) groups excluding carboxylic acids is 1. The summed E-state index contributed by atoms with van der Waals surface area (Å²) in [6, 6.07) is 22.3. The van der Waals surface area contributed by atoms with Crippen LogP contribution in [0.25, 0.3) is 10.9 Å². The van der Waals surface area contributed by atoms with Crippen LogP contribution in [-0.2, 0) is 17.9 Å². The Balaban J connectivity index is 1.35. The average Bonchev–Trinajstić information content (AvgIpc) is 3.47. The molecule has 186 valence electrons. The molecule has 4 aromatic rings. The van der Waals surface area contributed by atoms with Crippen molar-refractivity contribution in [1.82, 2.24) is 14.5 Å². The number of rotatable bonds is 6. The molecule has 2 unspecified atom stereocenters. The van der Waals surface area contributed by atoms with E-state index in [1.807, 2.05) is 68.3 Å². The third-order valence-corrected chi connectivity index (χ3v) is 7.46. The Kier molecular flexibility index (Phi) is 6.92. The second kappa shape index (κ2) is 10.3. The molecule has 1 aliphatic heterocycles. The zero-order chi connectivity index (χ0) is 25.1. The van der Waals surface area contributed by atoms with Gasteiger partial charge in [0.25, 0.3) is 0 Å². The van der Waals surface area contributed by atoms with E-state index in [9.17, 15) is 4.79 Å². The Morgan fingerprint density at radius 3 is 2.67 bits per heavy atom. The fourth-order valence-corrected chi connectivity index (χ4v) is 5.85. The molecule has 1 amide bonds. The zero-order valence-corrected chi connectivity index (χ0v) is 21.7. The smallest absolute Gasteiger partial charge is 0.411 e. The minimum Gasteiger partial charge on any atom is -0.489 e. The van der Waals surface area contributed by atoms with Gasteiger partial charge in [0.15, 0.2) is 0 Å². The molecule has 0 radical (unpaired) electrons. The van der Waals surface area contributed by atoms with Crippen molar-refractivity contribution >= 4 is 28.8 Å². The maximum absolute atomic E-state index is 13.3. The number of carbonyl (C=O) groups is 1. The molecule has 5 rings (SSSR count). The van der Waals surface area contributed by atoms with Crippen molar-refractivity contribution in [2.45, 2.75) is 50.9 Å². The number of nitrogens with zero attached hydrogens (tertiary/aromatic N) is 3. The van der Waals surface area contributed by atoms with E-state index in [-0.39, 0.29) is 17.5 Å². The molecule has 1 fully saturated rings. The number of hydrogen-bond acceptors (Lipinski definition) is 5. The third-order valence-electron chi connectivity index (χ3n) is 6.06. The van der Waals surface area contributed by atoms with Crippen molar-refractivity contribution in [2.75, 3.05) is 5.75 Å². The van der Waals surface area contributed by atoms with Crippen molar-refractivity contribution in [1.29, 1.82) is 0 Å². The summed E-state index contributed by atoms with van der Waals surface area (Å²) in [4.78, 5) is 19.5. The van der Waals surface area contributed by atoms with Gasteiger partial charge in [0.05, 0.1) is 6.04 Å². The van der Waals surface area contributed by atoms with E-state index in [4.69, 9.17) is 9.47 Å². The predicted octanol–water partition coefficient (Wildman–Crippen LogP) is 6.67. The summed E-state index contributed by atoms with van der Waals surface area (Å²) >= 11 is 1.75. The first kappa shape index (κ1) is 24.3. The van der Waals surface area contributed by atoms with Gasteiger partial charge in [0.1, 0.15) is 23.3 Å². The van der Waals surface area contributed by atoms with E-state index in [1.165, 1.54) is 0 Å². The minimum absolute atomic E-state index is 0.0142. The summed E-state index contributed by atoms with van der Waals surface area (Å²) in [6.45, 7) is 6.92. The highest BCUT2D eigenvalue weighted by molar-refractivity contribution is 7.99. The number of ether oxygens (including phenoxy) is 2. The van der Waals surface area contributed by atoms with Gasteiger partial charge in [-0.05, 0) is 56.7 Å². The average molecular weight is 502 g/mol. The van der Waals surface area contributed by atoms with Crippen LogP contribution >= 0.6 is 11.8 Å². The Bertz CT molecular complexity index is 1320. The maximum atomic E-state index is 13.3. The van der Waals surface area contributed by atoms with E-state index < -0.39 is 5.60 Å². The van der Waals surface area contributed by atoms with Crippen molar-refractivity contribution in [2.24, 2.45) is 0 Å². The Hall–Kier alpha value is -3.45. The van der Waals surface area contributed by atoms with Crippen LogP contribution in [0.15, 0.2) is 85.3 Å². The highest BCUT2D eigenvalue weighted by Crippen LogP contribution is 2.42. The molecule has 6 nitrogen and oxygen atoms in total. The molecular weight excluding hydrogens is 470 g/mol. The molecule has 0 spiro atoms. The second-order valence-electron chi connectivity index (χ2n) is 9.98. The number of hydrogen-bond donors (Lipinski definition) is 0. The minimum atomic E-state index is -0.565. The van der Waals surface area contributed by atoms with Crippen LogP contribution in [0.1, 0.15) is 37.3 Å². The molecule has 2 aromatic heterocycles. The van der Waals surface area contributed by atoms with E-state index in [0.717, 1.165) is 33.5 Å². The standard InChI is InChI=1S/C29H31N3O3S/c1-29(2,3)35-28(33)32-24(20-36-27(32)23-10-7-14-30-17-23)18-31-15-13-22-16-25(11-12-26(22)31)34-19-21-8-5-4-6-9-21/h4-17,24,27H,18-20H2,1-3H3. The summed E-state index contributed by atoms with van der Waals surface area (Å²) in [5.41, 5.74) is 2.69. The van der Waals surface area contributed by atoms with Crippen LogP contribution in [0, 0.1) is 0 Å². The first-order chi connectivity index (χ1) is 17.4. The highest BCUT2D eigenvalue weighted by Gasteiger charge is 2.41. The number of thioether (sulfide) groups is 1. The number of pyridine rings is 1. The van der Waals surface area contributed by atoms with Gasteiger partial charge < -0.3 is 14.0 Å². The van der Waals surface area contributed by atoms with Crippen molar-refractivity contribution < 1.29 is 14.3 Å². The van der Waals surface area contributed by atoms with E-state index in [2.05, 4.69) is 46.1 Å². The van der Waals surface area contributed by atoms with Crippen LogP contribution in [0.5, 0.6) is 5.75 Å². The van der Waals surface area contributed by atoms with Crippen LogP contribution in [0.3, 0.4) is 0 Å². The molecule has 0 saturated carbocycles. The van der Waals surface area contributed by atoms with Gasteiger partial charge in [-0.1, -0.05) is 36.4 Å². The third kappa shape index (κ3) is 5.51. The van der Waals surface area contributed by atoms with Crippen LogP contribution in [0.2, 0.25) is 0 Å². The van der Waals surface area contributed by atoms with Crippen LogP contribution < -0.4 is 4.74 Å². The number of amides is 1. The van der Waals surface area contributed by atoms with Crippen molar-refractivity contribution in [3.63, 3.8) is 0 Å². The fraction of sp³-hybridized carbons (Fsp3) is 0.310. The van der Waals surface area contributed by atoms with Crippen LogP contribution in [0.4, 0.5) is 4.79 Å². The SMILES string of the molecule is CC(C)(C)OC(=O)N1C(Cn2ccc3cc(OCc4ccccc4)ccc32)CSC1c1cccnc1. The number of fused-ring (bicyclic) bond motifs is 1. The summed E-state index contributed by atoms with van der Waals surface area (Å²) in [6.07, 6.45) is 5.38. The van der Waals surface area contributed by atoms with Crippen LogP contribution in [-0.4, -0.2) is 37.9 Å². The summed E-state index contributed by atoms with van der Waals surface area (Å²) < 4.78 is 14.0. The molecule has 0 bridgehead atoms. The summed E-state index contributed by atoms with van der Waals surface area (Å²) in [5.74, 6) is 1.66. The quantitative estimate of drug-likeness (QED) is 0.295. The van der Waals surface area contributed by atoms with Gasteiger partial charge in [-0.15, -0.1) is 11.8 Å². The summed E-state index contributed by atoms with van der Waals surface area (Å²) in [7, 11) is 0. The monoisotopic (exact) mass is 501 g/mol. The van der Waals surface area contributed by atoms with Gasteiger partial charge in [-0.2, -0.15) is 0 Å². The largest absolute Gasteiger partial charge is 0.489 e. The second-order valence-corrected chi connectivity index (χ2v) is 11.1. The van der Waals surface area contributed by atoms with Gasteiger partial charge >= 0.3 is 6.09 Å². The fourth-order valence-electron chi connectivity index (χ4n) is 4.43. The van der Waals surface area contributed by atoms with E-state index in [1.54, 1.807) is 18.0 Å². The molecule has 0 aliphatic carbocycles. The molecule has 2 atom stereocenters. The van der Waals surface area contributed by atoms with Gasteiger partial charge in [-0.3, -0.25) is 9.88 Å². The zero-order valence-electron chi connectivity index (χ0n) is 20.8. The van der Waals surface area contributed by atoms with Crippen molar-refractivity contribution in [3.05, 3.63) is 96.4 Å². The maximum Gasteiger partial charge on any atom is 0.411 e. The highest BCUT2D eigenvalue weighted by atomic mass is 32.2. The molecular formula is C29H31N3O3S. The Labute approximate surface area is 216 Å². The lowest BCUT2D eigenvalue weighted by Gasteiger charge is -2.32. The Morgan fingerprint density at radius 2 is 1.92 bits per heavy atom. The molecule has 1 saturated heterocycles. The van der Waals surface area contributed by atoms with E-state index in [0.29, 0.717) is 13.2 Å². The number of benzene rings is 2. The Morgan fingerprint density at radius 1 is 1.08 bits per heavy atom. The topological polar surface area (TPSA) is 56.6 Å². The number of aromatic nitrogens is 2. The van der Waals surface area contributed by atoms with Gasteiger partial charge in [0, 0.05) is 47.4 Å². The first-order valence-electron chi connectivity index (χ1n) is 12.2. The van der Waals surface area contributed by atoms with Gasteiger partial charge in [-0.25, -0.2) is 4.79 Å². The molecule has 7 heteroatoms. The molecule has 0 N–H and O–H groups in total. The molecule has 36 heavy (non-hydrogen) atoms. The first-order valence-corrected chi connectivity index (χ1v) is 13.2. The lowest BCUT2D eigenvalue weighted by Crippen LogP contribution is -2.43. The lowest BCUT2D eigenvalue weighted by atomic mass is 10.2. The van der Waals surface area contributed by atoms with E-state index >= 15 is 0 Å². The predicted molar refractivity (Wildman–Crippen MR) is 144 cm³/mol. The van der Waals surface area contributed by atoms with Gasteiger partial charge in [0.2, 0.25) is 0 Å². The molecule has 2 aromatic carbocycles. The normalized spacial score (nSPS) is 17.9. The molecule has 3 heterocycles. The lowest BCUT2D eigenvalue weighted by molar-refractivity contribution is 0.0160. The summed E-state index contributed by atoms with van der Waals surface area (Å²) in [5, 5.41) is 0.984. The molecule has 1 aliphatic rings. The van der Waals surface area contributed by atoms with Crippen molar-refractivity contribution in [3.8, 4) is 5.75 Å².